The van der Waals surface area contributed by atoms with Crippen LogP contribution in [0.5, 0.6) is 5.75 Å². The molecule has 0 saturated heterocycles. The highest BCUT2D eigenvalue weighted by Crippen LogP contribution is 2.31. The smallest absolute Gasteiger partial charge is 0.300 e. The number of ether oxygens (including phenoxy) is 1. The van der Waals surface area contributed by atoms with Gasteiger partial charge in [-0.05, 0) is 86.5 Å². The van der Waals surface area contributed by atoms with Crippen molar-refractivity contribution in [1.29, 1.82) is 0 Å². The van der Waals surface area contributed by atoms with Crippen LogP contribution in [-0.4, -0.2) is 24.7 Å². The van der Waals surface area contributed by atoms with Crippen molar-refractivity contribution in [2.45, 2.75) is 26.8 Å². The SMILES string of the molecule is COc1ccc(C(=O)C(=O)N(c2ccccc2)C(C(=O)Nc2cccc(C)c2C)c2coc3ccc(C)cc3c2=O)cc1. The number of hydrogen-bond donors (Lipinski definition) is 1. The second-order valence-corrected chi connectivity index (χ2v) is 10.2. The standard InChI is InChI=1S/C35H30N2O6/c1-21-13-18-30-27(19-21)33(39)28(20-43-30)31(34(40)36-29-12-8-9-22(2)23(29)3)37(25-10-6-5-7-11-25)35(41)32(38)24-14-16-26(42-4)17-15-24/h5-20,31H,1-4H3,(H,36,40). The first-order valence-electron chi connectivity index (χ1n) is 13.7. The molecule has 1 aromatic heterocycles. The molecule has 0 bridgehead atoms. The Morgan fingerprint density at radius 1 is 0.860 bits per heavy atom. The zero-order chi connectivity index (χ0) is 30.7. The number of Topliss-reactive ketones (excluding diaryl/α,β-unsaturated/α-hetero) is 1. The van der Waals surface area contributed by atoms with E-state index >= 15 is 0 Å². The Morgan fingerprint density at radius 2 is 1.58 bits per heavy atom. The van der Waals surface area contributed by atoms with Crippen LogP contribution in [0.1, 0.15) is 38.7 Å². The van der Waals surface area contributed by atoms with E-state index in [0.717, 1.165) is 21.6 Å². The third kappa shape index (κ3) is 5.81. The van der Waals surface area contributed by atoms with Gasteiger partial charge < -0.3 is 14.5 Å². The molecule has 216 valence electrons. The van der Waals surface area contributed by atoms with Gasteiger partial charge in [0.05, 0.1) is 18.1 Å². The fraction of sp³-hybridized carbons (Fsp3) is 0.143. The molecule has 8 heteroatoms. The summed E-state index contributed by atoms with van der Waals surface area (Å²) in [4.78, 5) is 57.1. The van der Waals surface area contributed by atoms with Gasteiger partial charge in [0.15, 0.2) is 5.43 Å². The molecular weight excluding hydrogens is 544 g/mol. The van der Waals surface area contributed by atoms with Crippen LogP contribution in [0.4, 0.5) is 11.4 Å². The van der Waals surface area contributed by atoms with Gasteiger partial charge in [0, 0.05) is 16.9 Å². The number of carbonyl (C=O) groups excluding carboxylic acids is 3. The van der Waals surface area contributed by atoms with Crippen LogP contribution < -0.4 is 20.4 Å². The second-order valence-electron chi connectivity index (χ2n) is 10.2. The molecule has 8 nitrogen and oxygen atoms in total. The number of aryl methyl sites for hydroxylation is 2. The summed E-state index contributed by atoms with van der Waals surface area (Å²) in [6.45, 7) is 5.61. The van der Waals surface area contributed by atoms with Crippen molar-refractivity contribution in [2.24, 2.45) is 0 Å². The molecule has 0 saturated carbocycles. The van der Waals surface area contributed by atoms with Gasteiger partial charge in [0.25, 0.3) is 17.6 Å². The lowest BCUT2D eigenvalue weighted by Crippen LogP contribution is -2.46. The summed E-state index contributed by atoms with van der Waals surface area (Å²) in [5.41, 5.74) is 3.19. The number of anilines is 2. The Kier molecular flexibility index (Phi) is 8.20. The maximum absolute atomic E-state index is 14.3. The van der Waals surface area contributed by atoms with E-state index in [-0.39, 0.29) is 22.2 Å². The molecule has 0 aliphatic carbocycles. The number of hydrogen-bond acceptors (Lipinski definition) is 6. The number of nitrogens with zero attached hydrogens (tertiary/aromatic N) is 1. The van der Waals surface area contributed by atoms with E-state index in [4.69, 9.17) is 9.15 Å². The highest BCUT2D eigenvalue weighted by Gasteiger charge is 2.38. The minimum Gasteiger partial charge on any atom is -0.497 e. The molecule has 0 aliphatic heterocycles. The maximum atomic E-state index is 14.3. The van der Waals surface area contributed by atoms with Crippen molar-refractivity contribution in [2.75, 3.05) is 17.3 Å². The van der Waals surface area contributed by atoms with E-state index in [1.807, 2.05) is 32.9 Å². The molecule has 1 atom stereocenters. The fourth-order valence-corrected chi connectivity index (χ4v) is 4.88. The number of amides is 2. The number of carbonyl (C=O) groups is 3. The first kappa shape index (κ1) is 29.0. The van der Waals surface area contributed by atoms with Crippen LogP contribution in [0.3, 0.4) is 0 Å². The Morgan fingerprint density at radius 3 is 2.28 bits per heavy atom. The molecule has 5 rings (SSSR count). The normalized spacial score (nSPS) is 11.5. The molecule has 2 amide bonds. The highest BCUT2D eigenvalue weighted by atomic mass is 16.5. The summed E-state index contributed by atoms with van der Waals surface area (Å²) in [5.74, 6) is -2.04. The van der Waals surface area contributed by atoms with E-state index in [1.54, 1.807) is 66.7 Å². The summed E-state index contributed by atoms with van der Waals surface area (Å²) in [6, 6.07) is 23.4. The van der Waals surface area contributed by atoms with Crippen molar-refractivity contribution in [3.8, 4) is 5.75 Å². The number of ketones is 1. The minimum absolute atomic E-state index is 0.0966. The number of methoxy groups -OCH3 is 1. The number of rotatable bonds is 8. The van der Waals surface area contributed by atoms with Crippen molar-refractivity contribution >= 4 is 39.9 Å². The predicted molar refractivity (Wildman–Crippen MR) is 166 cm³/mol. The van der Waals surface area contributed by atoms with Gasteiger partial charge in [-0.3, -0.25) is 24.1 Å². The molecule has 1 heterocycles. The first-order valence-corrected chi connectivity index (χ1v) is 13.7. The first-order chi connectivity index (χ1) is 20.7. The molecule has 4 aromatic carbocycles. The average molecular weight is 575 g/mol. The second kappa shape index (κ2) is 12.2. The van der Waals surface area contributed by atoms with Crippen LogP contribution in [0, 0.1) is 20.8 Å². The quantitative estimate of drug-likeness (QED) is 0.172. The monoisotopic (exact) mass is 574 g/mol. The molecule has 43 heavy (non-hydrogen) atoms. The summed E-state index contributed by atoms with van der Waals surface area (Å²) in [6.07, 6.45) is 1.19. The van der Waals surface area contributed by atoms with Gasteiger partial charge in [0.2, 0.25) is 0 Å². The topological polar surface area (TPSA) is 106 Å². The number of para-hydroxylation sites is 1. The van der Waals surface area contributed by atoms with Crippen molar-refractivity contribution in [3.05, 3.63) is 135 Å². The predicted octanol–water partition coefficient (Wildman–Crippen LogP) is 6.32. The third-order valence-electron chi connectivity index (χ3n) is 7.42. The van der Waals surface area contributed by atoms with Gasteiger partial charge >= 0.3 is 0 Å². The third-order valence-corrected chi connectivity index (χ3v) is 7.42. The van der Waals surface area contributed by atoms with Gasteiger partial charge in [-0.1, -0.05) is 42.0 Å². The summed E-state index contributed by atoms with van der Waals surface area (Å²) in [5, 5.41) is 3.15. The van der Waals surface area contributed by atoms with Crippen molar-refractivity contribution in [3.63, 3.8) is 0 Å². The van der Waals surface area contributed by atoms with Crippen molar-refractivity contribution in [1.82, 2.24) is 0 Å². The molecule has 0 radical (unpaired) electrons. The summed E-state index contributed by atoms with van der Waals surface area (Å²) in [7, 11) is 1.49. The van der Waals surface area contributed by atoms with Crippen molar-refractivity contribution < 1.29 is 23.5 Å². The van der Waals surface area contributed by atoms with E-state index in [0.29, 0.717) is 17.0 Å². The Labute approximate surface area is 248 Å². The molecule has 1 N–H and O–H groups in total. The van der Waals surface area contributed by atoms with E-state index in [1.165, 1.54) is 25.5 Å². The van der Waals surface area contributed by atoms with E-state index in [9.17, 15) is 19.2 Å². The largest absolute Gasteiger partial charge is 0.497 e. The molecule has 0 fully saturated rings. The summed E-state index contributed by atoms with van der Waals surface area (Å²) < 4.78 is 11.0. The van der Waals surface area contributed by atoms with Crippen LogP contribution in [0.2, 0.25) is 0 Å². The number of benzene rings is 4. The molecule has 5 aromatic rings. The molecular formula is C35H30N2O6. The van der Waals surface area contributed by atoms with Gasteiger partial charge in [-0.15, -0.1) is 0 Å². The van der Waals surface area contributed by atoms with Crippen LogP contribution >= 0.6 is 0 Å². The Bertz CT molecular complexity index is 1890. The maximum Gasteiger partial charge on any atom is 0.300 e. The zero-order valence-corrected chi connectivity index (χ0v) is 24.2. The van der Waals surface area contributed by atoms with Crippen LogP contribution in [0.25, 0.3) is 11.0 Å². The Balaban J connectivity index is 1.71. The number of fused-ring (bicyclic) bond motifs is 1. The van der Waals surface area contributed by atoms with Crippen LogP contribution in [0.15, 0.2) is 106 Å². The highest BCUT2D eigenvalue weighted by molar-refractivity contribution is 6.47. The van der Waals surface area contributed by atoms with Crippen LogP contribution in [-0.2, 0) is 9.59 Å². The minimum atomic E-state index is -1.56. The average Bonchev–Trinajstić information content (AvgIpc) is 3.02. The van der Waals surface area contributed by atoms with Gasteiger partial charge in [0.1, 0.15) is 23.6 Å². The molecule has 1 unspecified atom stereocenters. The lowest BCUT2D eigenvalue weighted by Gasteiger charge is -2.30. The van der Waals surface area contributed by atoms with Gasteiger partial charge in [-0.2, -0.15) is 0 Å². The fourth-order valence-electron chi connectivity index (χ4n) is 4.88. The van der Waals surface area contributed by atoms with Gasteiger partial charge in [-0.25, -0.2) is 0 Å². The molecule has 0 spiro atoms. The number of nitrogens with one attached hydrogen (secondary N) is 1. The zero-order valence-electron chi connectivity index (χ0n) is 24.2. The lowest BCUT2D eigenvalue weighted by molar-refractivity contribution is -0.121. The summed E-state index contributed by atoms with van der Waals surface area (Å²) >= 11 is 0. The van der Waals surface area contributed by atoms with E-state index in [2.05, 4.69) is 5.32 Å². The van der Waals surface area contributed by atoms with E-state index < -0.39 is 29.1 Å². The molecule has 0 aliphatic rings. The Hall–Kier alpha value is -5.50. The lowest BCUT2D eigenvalue weighted by atomic mass is 10.00.